The lowest BCUT2D eigenvalue weighted by Gasteiger charge is -2.22. The molecule has 2 unspecified atom stereocenters. The smallest absolute Gasteiger partial charge is 0.0897 e. The van der Waals surface area contributed by atoms with Crippen molar-refractivity contribution in [3.05, 3.63) is 0 Å². The molecule has 2 N–H and O–H groups in total. The van der Waals surface area contributed by atoms with Crippen molar-refractivity contribution in [3.63, 3.8) is 0 Å². The summed E-state index contributed by atoms with van der Waals surface area (Å²) < 4.78 is 5.49. The third-order valence-electron chi connectivity index (χ3n) is 3.09. The van der Waals surface area contributed by atoms with Gasteiger partial charge in [0.1, 0.15) is 0 Å². The van der Waals surface area contributed by atoms with Crippen LogP contribution in [0.3, 0.4) is 0 Å². The molecule has 0 aliphatic carbocycles. The second-order valence-corrected chi connectivity index (χ2v) is 7.57. The van der Waals surface area contributed by atoms with Crippen molar-refractivity contribution in [2.45, 2.75) is 44.0 Å². The Morgan fingerprint density at radius 1 is 1.32 bits per heavy atom. The van der Waals surface area contributed by atoms with Crippen LogP contribution in [0.4, 0.5) is 0 Å². The number of aliphatic hydroxyl groups excluding tert-OH is 1. The highest BCUT2D eigenvalue weighted by molar-refractivity contribution is 8.06. The lowest BCUT2D eigenvalue weighted by molar-refractivity contribution is 0.0356. The van der Waals surface area contributed by atoms with Crippen molar-refractivity contribution in [1.29, 1.82) is 0 Å². The Morgan fingerprint density at radius 3 is 2.95 bits per heavy atom. The molecule has 1 aliphatic rings. The van der Waals surface area contributed by atoms with Gasteiger partial charge in [-0.25, -0.2) is 0 Å². The number of unbranched alkanes of at least 4 members (excludes halogenated alkanes) is 3. The minimum Gasteiger partial charge on any atom is -0.389 e. The number of aliphatic hydroxyl groups is 1. The molecule has 5 heteroatoms. The zero-order valence-corrected chi connectivity index (χ0v) is 13.7. The molecule has 1 fully saturated rings. The summed E-state index contributed by atoms with van der Waals surface area (Å²) >= 11 is 4.08. The van der Waals surface area contributed by atoms with Crippen LogP contribution in [0, 0.1) is 0 Å². The van der Waals surface area contributed by atoms with Gasteiger partial charge in [0.25, 0.3) is 0 Å². The molecule has 2 atom stereocenters. The normalized spacial score (nSPS) is 21.5. The Bertz CT molecular complexity index is 202. The zero-order chi connectivity index (χ0) is 13.8. The molecule has 0 bridgehead atoms. The fraction of sp³-hybridized carbons (Fsp3) is 1.00. The first kappa shape index (κ1) is 17.6. The predicted molar refractivity (Wildman–Crippen MR) is 87.4 cm³/mol. The van der Waals surface area contributed by atoms with Crippen molar-refractivity contribution >= 4 is 23.5 Å². The van der Waals surface area contributed by atoms with E-state index >= 15 is 0 Å². The monoisotopic (exact) mass is 307 g/mol. The standard InChI is InChI=1S/C14H29NO2S2/c1-2-3-4-5-6-17-11-13(16)9-15-10-14-12-18-7-8-19-14/h13-16H,2-12H2,1H3. The minimum absolute atomic E-state index is 0.368. The van der Waals surface area contributed by atoms with Gasteiger partial charge in [-0.3, -0.25) is 0 Å². The van der Waals surface area contributed by atoms with Gasteiger partial charge in [0, 0.05) is 42.2 Å². The van der Waals surface area contributed by atoms with Gasteiger partial charge in [0.2, 0.25) is 0 Å². The molecule has 0 saturated carbocycles. The third kappa shape index (κ3) is 10.0. The zero-order valence-electron chi connectivity index (χ0n) is 12.1. The van der Waals surface area contributed by atoms with Crippen LogP contribution in [0.1, 0.15) is 32.6 Å². The Morgan fingerprint density at radius 2 is 2.21 bits per heavy atom. The Labute approximate surface area is 126 Å². The third-order valence-corrected chi connectivity index (χ3v) is 5.93. The summed E-state index contributed by atoms with van der Waals surface area (Å²) in [4.78, 5) is 0. The van der Waals surface area contributed by atoms with E-state index in [1.165, 1.54) is 36.5 Å². The molecule has 0 amide bonds. The summed E-state index contributed by atoms with van der Waals surface area (Å²) in [6.45, 7) is 5.11. The predicted octanol–water partition coefficient (Wildman–Crippen LogP) is 2.38. The summed E-state index contributed by atoms with van der Waals surface area (Å²) in [5.41, 5.74) is 0. The van der Waals surface area contributed by atoms with Crippen LogP contribution in [-0.4, -0.2) is 60.0 Å². The topological polar surface area (TPSA) is 41.5 Å². The number of hydrogen-bond donors (Lipinski definition) is 2. The molecule has 114 valence electrons. The van der Waals surface area contributed by atoms with E-state index in [0.29, 0.717) is 18.4 Å². The van der Waals surface area contributed by atoms with Crippen LogP contribution in [0.2, 0.25) is 0 Å². The molecule has 3 nitrogen and oxygen atoms in total. The highest BCUT2D eigenvalue weighted by Gasteiger charge is 2.14. The lowest BCUT2D eigenvalue weighted by atomic mass is 10.2. The second kappa shape index (κ2) is 12.3. The van der Waals surface area contributed by atoms with E-state index in [4.69, 9.17) is 4.74 Å². The number of nitrogens with one attached hydrogen (secondary N) is 1. The largest absolute Gasteiger partial charge is 0.389 e. The van der Waals surface area contributed by atoms with Crippen LogP contribution < -0.4 is 5.32 Å². The highest BCUT2D eigenvalue weighted by Crippen LogP contribution is 2.23. The summed E-state index contributed by atoms with van der Waals surface area (Å²) in [5, 5.41) is 13.8. The maximum absolute atomic E-state index is 9.78. The molecule has 0 aromatic heterocycles. The number of ether oxygens (including phenoxy) is 1. The first-order valence-corrected chi connectivity index (χ1v) is 9.69. The summed E-state index contributed by atoms with van der Waals surface area (Å²) in [6, 6.07) is 0. The molecule has 1 saturated heterocycles. The van der Waals surface area contributed by atoms with Gasteiger partial charge in [-0.05, 0) is 6.42 Å². The molecular weight excluding hydrogens is 278 g/mol. The summed E-state index contributed by atoms with van der Waals surface area (Å²) in [6.07, 6.45) is 4.52. The van der Waals surface area contributed by atoms with Crippen LogP contribution >= 0.6 is 23.5 Å². The molecule has 0 radical (unpaired) electrons. The van der Waals surface area contributed by atoms with E-state index in [1.54, 1.807) is 0 Å². The fourth-order valence-corrected chi connectivity index (χ4v) is 4.62. The van der Waals surface area contributed by atoms with E-state index in [9.17, 15) is 5.11 Å². The quantitative estimate of drug-likeness (QED) is 0.574. The maximum atomic E-state index is 9.78. The van der Waals surface area contributed by atoms with Gasteiger partial charge in [0.15, 0.2) is 0 Å². The Kier molecular flexibility index (Phi) is 11.4. The van der Waals surface area contributed by atoms with Gasteiger partial charge in [0.05, 0.1) is 12.7 Å². The summed E-state index contributed by atoms with van der Waals surface area (Å²) in [5.74, 6) is 3.79. The van der Waals surface area contributed by atoms with Crippen LogP contribution in [0.25, 0.3) is 0 Å². The fourth-order valence-electron chi connectivity index (χ4n) is 1.97. The van der Waals surface area contributed by atoms with E-state index in [2.05, 4.69) is 12.2 Å². The van der Waals surface area contributed by atoms with E-state index in [-0.39, 0.29) is 6.10 Å². The van der Waals surface area contributed by atoms with Crippen molar-refractivity contribution in [2.24, 2.45) is 0 Å². The summed E-state index contributed by atoms with van der Waals surface area (Å²) in [7, 11) is 0. The molecule has 0 spiro atoms. The van der Waals surface area contributed by atoms with Crippen molar-refractivity contribution in [3.8, 4) is 0 Å². The van der Waals surface area contributed by atoms with E-state index in [0.717, 1.165) is 19.6 Å². The van der Waals surface area contributed by atoms with E-state index < -0.39 is 0 Å². The van der Waals surface area contributed by atoms with Crippen LogP contribution in [-0.2, 0) is 4.74 Å². The molecular formula is C14H29NO2S2. The Balaban J connectivity index is 1.85. The number of rotatable bonds is 11. The van der Waals surface area contributed by atoms with Gasteiger partial charge in [-0.1, -0.05) is 26.2 Å². The second-order valence-electron chi connectivity index (χ2n) is 5.02. The Hall–Kier alpha value is 0.580. The number of hydrogen-bond acceptors (Lipinski definition) is 5. The first-order chi connectivity index (χ1) is 9.33. The van der Waals surface area contributed by atoms with Gasteiger partial charge in [-0.15, -0.1) is 0 Å². The van der Waals surface area contributed by atoms with Crippen LogP contribution in [0.15, 0.2) is 0 Å². The first-order valence-electron chi connectivity index (χ1n) is 7.48. The molecule has 0 aromatic rings. The molecule has 19 heavy (non-hydrogen) atoms. The average Bonchev–Trinajstić information content (AvgIpc) is 2.44. The van der Waals surface area contributed by atoms with Gasteiger partial charge in [-0.2, -0.15) is 23.5 Å². The van der Waals surface area contributed by atoms with Crippen molar-refractivity contribution in [2.75, 3.05) is 43.6 Å². The van der Waals surface area contributed by atoms with Gasteiger partial charge >= 0.3 is 0 Å². The lowest BCUT2D eigenvalue weighted by Crippen LogP contribution is -2.36. The average molecular weight is 308 g/mol. The van der Waals surface area contributed by atoms with Gasteiger partial charge < -0.3 is 15.2 Å². The maximum Gasteiger partial charge on any atom is 0.0897 e. The minimum atomic E-state index is -0.368. The molecule has 1 rings (SSSR count). The van der Waals surface area contributed by atoms with E-state index in [1.807, 2.05) is 23.5 Å². The van der Waals surface area contributed by atoms with Crippen molar-refractivity contribution < 1.29 is 9.84 Å². The molecule has 1 aliphatic heterocycles. The molecule has 1 heterocycles. The number of thioether (sulfide) groups is 2. The van der Waals surface area contributed by atoms with Crippen molar-refractivity contribution in [1.82, 2.24) is 5.32 Å². The van der Waals surface area contributed by atoms with Crippen LogP contribution in [0.5, 0.6) is 0 Å². The highest BCUT2D eigenvalue weighted by atomic mass is 32.2. The molecule has 0 aromatic carbocycles. The SMILES string of the molecule is CCCCCCOCC(O)CNCC1CSCCS1.